The van der Waals surface area contributed by atoms with Gasteiger partial charge in [0.15, 0.2) is 5.82 Å². The van der Waals surface area contributed by atoms with Crippen molar-refractivity contribution in [1.82, 2.24) is 10.3 Å². The summed E-state index contributed by atoms with van der Waals surface area (Å²) in [6, 6.07) is 3.54. The van der Waals surface area contributed by atoms with Crippen LogP contribution in [0.4, 0.5) is 4.39 Å². The van der Waals surface area contributed by atoms with Crippen molar-refractivity contribution in [2.45, 2.75) is 25.3 Å². The van der Waals surface area contributed by atoms with Gasteiger partial charge in [-0.15, -0.1) is 0 Å². The third kappa shape index (κ3) is 2.89. The molecule has 2 rings (SSSR count). The number of aromatic nitrogens is 1. The lowest BCUT2D eigenvalue weighted by atomic mass is 9.93. The molecule has 1 aromatic heterocycles. The number of ether oxygens (including phenoxy) is 1. The van der Waals surface area contributed by atoms with Gasteiger partial charge in [0.25, 0.3) is 0 Å². The molecule has 0 unspecified atom stereocenters. The van der Waals surface area contributed by atoms with Crippen LogP contribution in [0.1, 0.15) is 19.3 Å². The summed E-state index contributed by atoms with van der Waals surface area (Å²) in [4.78, 5) is 3.80. The maximum atomic E-state index is 13.0. The molecule has 1 aliphatic carbocycles. The first-order chi connectivity index (χ1) is 7.36. The van der Waals surface area contributed by atoms with Gasteiger partial charge in [-0.05, 0) is 25.0 Å². The van der Waals surface area contributed by atoms with Crippen LogP contribution < -0.4 is 10.1 Å². The fourth-order valence-electron chi connectivity index (χ4n) is 1.50. The molecule has 0 aliphatic heterocycles. The van der Waals surface area contributed by atoms with E-state index in [1.54, 1.807) is 6.07 Å². The molecule has 0 bridgehead atoms. The highest BCUT2D eigenvalue weighted by molar-refractivity contribution is 5.12. The largest absolute Gasteiger partial charge is 0.474 e. The number of pyridine rings is 1. The molecule has 1 N–H and O–H groups in total. The Bertz CT molecular complexity index is 315. The van der Waals surface area contributed by atoms with Crippen molar-refractivity contribution in [1.29, 1.82) is 0 Å². The lowest BCUT2D eigenvalue weighted by Gasteiger charge is -2.26. The minimum absolute atomic E-state index is 0.0907. The van der Waals surface area contributed by atoms with Gasteiger partial charge in [-0.2, -0.15) is 0 Å². The monoisotopic (exact) mass is 210 g/mol. The maximum absolute atomic E-state index is 13.0. The molecule has 3 nitrogen and oxygen atoms in total. The molecule has 1 heterocycles. The standard InChI is InChI=1S/C11H15FN2O/c12-10-5-2-6-14-11(10)15-8-7-13-9-3-1-4-9/h2,5-6,9,13H,1,3-4,7-8H2. The molecule has 1 fully saturated rings. The lowest BCUT2D eigenvalue weighted by molar-refractivity contribution is 0.260. The van der Waals surface area contributed by atoms with Crippen molar-refractivity contribution >= 4 is 0 Å². The molecule has 82 valence electrons. The zero-order valence-corrected chi connectivity index (χ0v) is 8.58. The van der Waals surface area contributed by atoms with Gasteiger partial charge < -0.3 is 10.1 Å². The number of nitrogens with one attached hydrogen (secondary N) is 1. The molecule has 0 aromatic carbocycles. The zero-order valence-electron chi connectivity index (χ0n) is 8.58. The van der Waals surface area contributed by atoms with Crippen LogP contribution in [-0.4, -0.2) is 24.2 Å². The van der Waals surface area contributed by atoms with Gasteiger partial charge in [-0.25, -0.2) is 9.37 Å². The summed E-state index contributed by atoms with van der Waals surface area (Å²) in [6.07, 6.45) is 5.33. The fourth-order valence-corrected chi connectivity index (χ4v) is 1.50. The van der Waals surface area contributed by atoms with Crippen LogP contribution in [0, 0.1) is 5.82 Å². The Morgan fingerprint density at radius 2 is 2.40 bits per heavy atom. The molecule has 4 heteroatoms. The molecule has 1 aliphatic rings. The van der Waals surface area contributed by atoms with Crippen molar-refractivity contribution in [3.8, 4) is 5.88 Å². The Labute approximate surface area is 88.7 Å². The van der Waals surface area contributed by atoms with E-state index in [9.17, 15) is 4.39 Å². The Kier molecular flexibility index (Phi) is 3.50. The van der Waals surface area contributed by atoms with Crippen molar-refractivity contribution in [2.75, 3.05) is 13.2 Å². The smallest absolute Gasteiger partial charge is 0.250 e. The SMILES string of the molecule is Fc1cccnc1OCCNC1CCC1. The lowest BCUT2D eigenvalue weighted by Crippen LogP contribution is -2.37. The van der Waals surface area contributed by atoms with Gasteiger partial charge in [-0.1, -0.05) is 6.42 Å². The van der Waals surface area contributed by atoms with Crippen LogP contribution in [0.2, 0.25) is 0 Å². The highest BCUT2D eigenvalue weighted by Crippen LogP contribution is 2.17. The Balaban J connectivity index is 1.66. The average molecular weight is 210 g/mol. The highest BCUT2D eigenvalue weighted by Gasteiger charge is 2.15. The Morgan fingerprint density at radius 1 is 1.53 bits per heavy atom. The van der Waals surface area contributed by atoms with Crippen LogP contribution in [0.3, 0.4) is 0 Å². The van der Waals surface area contributed by atoms with Crippen LogP contribution >= 0.6 is 0 Å². The minimum Gasteiger partial charge on any atom is -0.474 e. The quantitative estimate of drug-likeness (QED) is 0.752. The van der Waals surface area contributed by atoms with Gasteiger partial charge in [0.2, 0.25) is 5.88 Å². The van der Waals surface area contributed by atoms with E-state index in [0.29, 0.717) is 12.6 Å². The second-order valence-electron chi connectivity index (χ2n) is 3.72. The van der Waals surface area contributed by atoms with Crippen molar-refractivity contribution in [3.05, 3.63) is 24.1 Å². The molecule has 15 heavy (non-hydrogen) atoms. The predicted octanol–water partition coefficient (Wildman–Crippen LogP) is 1.74. The third-order valence-corrected chi connectivity index (χ3v) is 2.60. The van der Waals surface area contributed by atoms with Gasteiger partial charge in [-0.3, -0.25) is 0 Å². The van der Waals surface area contributed by atoms with Gasteiger partial charge in [0.05, 0.1) is 0 Å². The molecular weight excluding hydrogens is 195 g/mol. The van der Waals surface area contributed by atoms with Crippen molar-refractivity contribution in [2.24, 2.45) is 0 Å². The molecule has 0 amide bonds. The summed E-state index contributed by atoms with van der Waals surface area (Å²) in [7, 11) is 0. The third-order valence-electron chi connectivity index (χ3n) is 2.60. The summed E-state index contributed by atoms with van der Waals surface area (Å²) in [5, 5.41) is 3.33. The first kappa shape index (κ1) is 10.4. The van der Waals surface area contributed by atoms with E-state index in [0.717, 1.165) is 6.54 Å². The summed E-state index contributed by atoms with van der Waals surface area (Å²) < 4.78 is 18.3. The summed E-state index contributed by atoms with van der Waals surface area (Å²) in [6.45, 7) is 1.21. The van der Waals surface area contributed by atoms with Crippen molar-refractivity contribution in [3.63, 3.8) is 0 Å². The number of nitrogens with zero attached hydrogens (tertiary/aromatic N) is 1. The topological polar surface area (TPSA) is 34.1 Å². The van der Waals surface area contributed by atoms with Gasteiger partial charge in [0, 0.05) is 18.8 Å². The van der Waals surface area contributed by atoms with Crippen LogP contribution in [-0.2, 0) is 0 Å². The van der Waals surface area contributed by atoms with Crippen LogP contribution in [0.5, 0.6) is 5.88 Å². The van der Waals surface area contributed by atoms with Crippen molar-refractivity contribution < 1.29 is 9.13 Å². The van der Waals surface area contributed by atoms with E-state index >= 15 is 0 Å². The van der Waals surface area contributed by atoms with E-state index in [1.807, 2.05) is 0 Å². The molecule has 0 spiro atoms. The fraction of sp³-hybridized carbons (Fsp3) is 0.545. The molecule has 1 aromatic rings. The molecular formula is C11H15FN2O. The van der Waals surface area contributed by atoms with Crippen LogP contribution in [0.25, 0.3) is 0 Å². The van der Waals surface area contributed by atoms with E-state index in [-0.39, 0.29) is 5.88 Å². The second kappa shape index (κ2) is 5.07. The summed E-state index contributed by atoms with van der Waals surface area (Å²) in [5.74, 6) is -0.311. The second-order valence-corrected chi connectivity index (χ2v) is 3.72. The maximum Gasteiger partial charge on any atom is 0.250 e. The first-order valence-electron chi connectivity index (χ1n) is 5.33. The number of halogens is 1. The van der Waals surface area contributed by atoms with Gasteiger partial charge >= 0.3 is 0 Å². The summed E-state index contributed by atoms with van der Waals surface area (Å²) >= 11 is 0. The number of hydrogen-bond acceptors (Lipinski definition) is 3. The van der Waals surface area contributed by atoms with E-state index in [4.69, 9.17) is 4.74 Å². The highest BCUT2D eigenvalue weighted by atomic mass is 19.1. The van der Waals surface area contributed by atoms with E-state index < -0.39 is 5.82 Å². The first-order valence-corrected chi connectivity index (χ1v) is 5.33. The normalized spacial score (nSPS) is 16.1. The van der Waals surface area contributed by atoms with Gasteiger partial charge in [0.1, 0.15) is 6.61 Å². The van der Waals surface area contributed by atoms with E-state index in [1.165, 1.54) is 31.5 Å². The molecule has 0 radical (unpaired) electrons. The van der Waals surface area contributed by atoms with E-state index in [2.05, 4.69) is 10.3 Å². The Hall–Kier alpha value is -1.16. The molecule has 0 atom stereocenters. The number of hydrogen-bond donors (Lipinski definition) is 1. The number of rotatable bonds is 5. The molecule has 0 saturated heterocycles. The zero-order chi connectivity index (χ0) is 10.5. The van der Waals surface area contributed by atoms with Crippen LogP contribution in [0.15, 0.2) is 18.3 Å². The summed E-state index contributed by atoms with van der Waals surface area (Å²) in [5.41, 5.74) is 0. The Morgan fingerprint density at radius 3 is 3.07 bits per heavy atom. The molecule has 1 saturated carbocycles. The predicted molar refractivity (Wildman–Crippen MR) is 55.3 cm³/mol. The minimum atomic E-state index is -0.402. The average Bonchev–Trinajstić information content (AvgIpc) is 2.17.